The fourth-order valence-electron chi connectivity index (χ4n) is 0.824. The van der Waals surface area contributed by atoms with E-state index in [1.807, 2.05) is 24.6 Å². The van der Waals surface area contributed by atoms with Crippen LogP contribution in [0.25, 0.3) is 0 Å². The Kier molecular flexibility index (Phi) is 2.26. The Morgan fingerprint density at radius 1 is 1.50 bits per heavy atom. The zero-order valence-electron chi connectivity index (χ0n) is 5.76. The molecule has 0 aromatic rings. The van der Waals surface area contributed by atoms with Crippen LogP contribution < -0.4 is 0 Å². The minimum Gasteiger partial charge on any atom is -0.348 e. The summed E-state index contributed by atoms with van der Waals surface area (Å²) in [6, 6.07) is 0. The lowest BCUT2D eigenvalue weighted by atomic mass is 10.3. The second-order valence-corrected chi connectivity index (χ2v) is 2.19. The summed E-state index contributed by atoms with van der Waals surface area (Å²) < 4.78 is 12.2. The number of rotatable bonds is 2. The van der Waals surface area contributed by atoms with Crippen LogP contribution >= 0.6 is 0 Å². The van der Waals surface area contributed by atoms with E-state index in [4.69, 9.17) is 0 Å². The predicted molar refractivity (Wildman–Crippen MR) is 39.9 cm³/mol. The van der Waals surface area contributed by atoms with Crippen molar-refractivity contribution in [1.29, 1.82) is 0 Å². The van der Waals surface area contributed by atoms with Crippen molar-refractivity contribution in [3.05, 3.63) is 37.0 Å². The second-order valence-electron chi connectivity index (χ2n) is 2.19. The number of halogens is 1. The van der Waals surface area contributed by atoms with Gasteiger partial charge in [-0.1, -0.05) is 18.7 Å². The van der Waals surface area contributed by atoms with Gasteiger partial charge in [-0.25, -0.2) is 4.39 Å². The maximum atomic E-state index is 12.2. The van der Waals surface area contributed by atoms with E-state index >= 15 is 0 Å². The summed E-state index contributed by atoms with van der Waals surface area (Å²) in [5.41, 5.74) is 0. The Morgan fingerprint density at radius 3 is 2.60 bits per heavy atom. The van der Waals surface area contributed by atoms with Gasteiger partial charge in [-0.3, -0.25) is 0 Å². The lowest BCUT2D eigenvalue weighted by Crippen LogP contribution is -2.12. The van der Waals surface area contributed by atoms with Crippen LogP contribution in [0.5, 0.6) is 0 Å². The Hall–Kier alpha value is -1.05. The molecule has 0 N–H and O–H groups in total. The predicted octanol–water partition coefficient (Wildman–Crippen LogP) is 2.20. The molecule has 0 saturated carbocycles. The maximum absolute atomic E-state index is 12.2. The molecule has 10 heavy (non-hydrogen) atoms. The topological polar surface area (TPSA) is 3.24 Å². The normalized spacial score (nSPS) is 15.9. The first-order chi connectivity index (χ1) is 4.79. The molecule has 1 nitrogen and oxygen atoms in total. The summed E-state index contributed by atoms with van der Waals surface area (Å²) in [7, 11) is 0. The third-order valence-electron chi connectivity index (χ3n) is 1.22. The van der Waals surface area contributed by atoms with Gasteiger partial charge in [0.15, 0.2) is 0 Å². The van der Waals surface area contributed by atoms with E-state index in [-0.39, 0.29) is 12.4 Å². The van der Waals surface area contributed by atoms with Crippen molar-refractivity contribution in [1.82, 2.24) is 4.90 Å². The average molecular weight is 139 g/mol. The van der Waals surface area contributed by atoms with Crippen molar-refractivity contribution in [2.45, 2.75) is 6.42 Å². The lowest BCUT2D eigenvalue weighted by molar-refractivity contribution is 0.470. The summed E-state index contributed by atoms with van der Waals surface area (Å²) in [6.45, 7) is 3.44. The molecule has 0 saturated heterocycles. The molecule has 1 rings (SSSR count). The molecular formula is C8H10FN. The maximum Gasteiger partial charge on any atom is 0.112 e. The number of nitrogens with zero attached hydrogens (tertiary/aromatic N) is 1. The monoisotopic (exact) mass is 139 g/mol. The lowest BCUT2D eigenvalue weighted by Gasteiger charge is -2.15. The van der Waals surface area contributed by atoms with Gasteiger partial charge in [0, 0.05) is 12.4 Å². The zero-order chi connectivity index (χ0) is 7.40. The molecule has 0 aliphatic carbocycles. The molecule has 1 aliphatic heterocycles. The van der Waals surface area contributed by atoms with Gasteiger partial charge in [-0.05, 0) is 6.42 Å². The smallest absolute Gasteiger partial charge is 0.112 e. The van der Waals surface area contributed by atoms with Crippen LogP contribution in [0.3, 0.4) is 0 Å². The summed E-state index contributed by atoms with van der Waals surface area (Å²) in [4.78, 5) is 1.76. The fourth-order valence-corrected chi connectivity index (χ4v) is 0.824. The highest BCUT2D eigenvalue weighted by Gasteiger charge is 1.98. The molecule has 0 amide bonds. The molecule has 0 fully saturated rings. The first kappa shape index (κ1) is 7.06. The first-order valence-corrected chi connectivity index (χ1v) is 3.21. The molecule has 1 heterocycles. The third-order valence-corrected chi connectivity index (χ3v) is 1.22. The van der Waals surface area contributed by atoms with E-state index in [9.17, 15) is 4.39 Å². The summed E-state index contributed by atoms with van der Waals surface area (Å²) in [5, 5.41) is 0. The second kappa shape index (κ2) is 3.20. The number of hydrogen-bond donors (Lipinski definition) is 0. The quantitative estimate of drug-likeness (QED) is 0.567. The van der Waals surface area contributed by atoms with Crippen molar-refractivity contribution in [3.8, 4) is 0 Å². The van der Waals surface area contributed by atoms with Crippen molar-refractivity contribution >= 4 is 0 Å². The molecule has 0 bridgehead atoms. The molecular weight excluding hydrogens is 129 g/mol. The van der Waals surface area contributed by atoms with Gasteiger partial charge >= 0.3 is 0 Å². The van der Waals surface area contributed by atoms with Gasteiger partial charge in [-0.2, -0.15) is 0 Å². The Labute approximate surface area is 60.1 Å². The molecule has 1 aliphatic rings. The Morgan fingerprint density at radius 2 is 2.10 bits per heavy atom. The van der Waals surface area contributed by atoms with Crippen molar-refractivity contribution in [2.24, 2.45) is 0 Å². The summed E-state index contributed by atoms with van der Waals surface area (Å²) >= 11 is 0. The van der Waals surface area contributed by atoms with Gasteiger partial charge in [0.05, 0.1) is 6.54 Å². The molecule has 0 radical (unpaired) electrons. The van der Waals surface area contributed by atoms with Crippen LogP contribution in [0.4, 0.5) is 4.39 Å². The van der Waals surface area contributed by atoms with Gasteiger partial charge in [0.2, 0.25) is 0 Å². The molecule has 0 unspecified atom stereocenters. The summed E-state index contributed by atoms with van der Waals surface area (Å²) in [6.07, 6.45) is 8.59. The van der Waals surface area contributed by atoms with Crippen LogP contribution in [-0.2, 0) is 0 Å². The third kappa shape index (κ3) is 2.05. The van der Waals surface area contributed by atoms with Gasteiger partial charge in [0.25, 0.3) is 0 Å². The van der Waals surface area contributed by atoms with E-state index in [1.54, 1.807) is 4.90 Å². The number of hydrogen-bond acceptors (Lipinski definition) is 1. The SMILES string of the molecule is C=C(F)CN1C=CCC=C1. The van der Waals surface area contributed by atoms with Gasteiger partial charge in [0.1, 0.15) is 5.83 Å². The standard InChI is InChI=1S/C8H10FN/c1-8(9)7-10-5-3-2-4-6-10/h3-6H,1-2,7H2. The minimum absolute atomic E-state index is 0.271. The van der Waals surface area contributed by atoms with Gasteiger partial charge < -0.3 is 4.90 Å². The highest BCUT2D eigenvalue weighted by Crippen LogP contribution is 2.05. The van der Waals surface area contributed by atoms with Crippen LogP contribution in [-0.4, -0.2) is 11.4 Å². The van der Waals surface area contributed by atoms with E-state index < -0.39 is 0 Å². The molecule has 0 aromatic carbocycles. The molecule has 0 aromatic heterocycles. The average Bonchev–Trinajstić information content (AvgIpc) is 1.88. The van der Waals surface area contributed by atoms with Crippen molar-refractivity contribution in [2.75, 3.05) is 6.54 Å². The molecule has 0 atom stereocenters. The fraction of sp³-hybridized carbons (Fsp3) is 0.250. The van der Waals surface area contributed by atoms with Crippen LogP contribution in [0.2, 0.25) is 0 Å². The minimum atomic E-state index is -0.309. The summed E-state index contributed by atoms with van der Waals surface area (Å²) in [5.74, 6) is -0.309. The van der Waals surface area contributed by atoms with Crippen LogP contribution in [0.15, 0.2) is 37.0 Å². The van der Waals surface area contributed by atoms with Crippen LogP contribution in [0.1, 0.15) is 6.42 Å². The highest BCUT2D eigenvalue weighted by molar-refractivity contribution is 5.04. The largest absolute Gasteiger partial charge is 0.348 e. The Bertz CT molecular complexity index is 170. The van der Waals surface area contributed by atoms with E-state index in [0.717, 1.165) is 6.42 Å². The van der Waals surface area contributed by atoms with E-state index in [2.05, 4.69) is 6.58 Å². The van der Waals surface area contributed by atoms with Crippen molar-refractivity contribution < 1.29 is 4.39 Å². The molecule has 54 valence electrons. The molecule has 0 spiro atoms. The van der Waals surface area contributed by atoms with Gasteiger partial charge in [-0.15, -0.1) is 0 Å². The molecule has 2 heteroatoms. The Balaban J connectivity index is 2.40. The zero-order valence-corrected chi connectivity index (χ0v) is 5.76. The van der Waals surface area contributed by atoms with Crippen LogP contribution in [0, 0.1) is 0 Å². The van der Waals surface area contributed by atoms with Crippen molar-refractivity contribution in [3.63, 3.8) is 0 Å². The van der Waals surface area contributed by atoms with E-state index in [0.29, 0.717) is 0 Å². The van der Waals surface area contributed by atoms with E-state index in [1.165, 1.54) is 0 Å². The highest BCUT2D eigenvalue weighted by atomic mass is 19.1. The number of allylic oxidation sites excluding steroid dienone is 2. The first-order valence-electron chi connectivity index (χ1n) is 3.21.